The molecule has 0 amide bonds. The molecule has 0 spiro atoms. The molecule has 1 N–H and O–H groups in total. The Balaban J connectivity index is 2.03. The molecule has 100 valence electrons. The topological polar surface area (TPSA) is 52.9 Å². The van der Waals surface area contributed by atoms with Crippen LogP contribution < -0.4 is 5.32 Å². The van der Waals surface area contributed by atoms with Crippen LogP contribution in [-0.4, -0.2) is 12.3 Å². The number of hydrogen-bond donors (Lipinski definition) is 1. The Morgan fingerprint density at radius 3 is 2.45 bits per heavy atom. The van der Waals surface area contributed by atoms with Gasteiger partial charge in [0.05, 0.1) is 18.2 Å². The second-order valence-electron chi connectivity index (χ2n) is 4.78. The van der Waals surface area contributed by atoms with Gasteiger partial charge in [0.15, 0.2) is 5.78 Å². The molecule has 0 saturated heterocycles. The predicted octanol–water partition coefficient (Wildman–Crippen LogP) is 3.47. The van der Waals surface area contributed by atoms with Crippen molar-refractivity contribution in [3.05, 3.63) is 64.7 Å². The fourth-order valence-electron chi connectivity index (χ4n) is 2.07. The van der Waals surface area contributed by atoms with E-state index in [1.807, 2.05) is 32.0 Å². The van der Waals surface area contributed by atoms with Crippen molar-refractivity contribution in [1.82, 2.24) is 0 Å². The van der Waals surface area contributed by atoms with Gasteiger partial charge in [-0.25, -0.2) is 0 Å². The number of benzene rings is 2. The van der Waals surface area contributed by atoms with Crippen molar-refractivity contribution in [1.29, 1.82) is 5.26 Å². The molecule has 3 nitrogen and oxygen atoms in total. The third-order valence-electron chi connectivity index (χ3n) is 3.15. The smallest absolute Gasteiger partial charge is 0.182 e. The van der Waals surface area contributed by atoms with Gasteiger partial charge >= 0.3 is 0 Å². The van der Waals surface area contributed by atoms with E-state index in [0.717, 1.165) is 22.4 Å². The van der Waals surface area contributed by atoms with Crippen LogP contribution in [0.3, 0.4) is 0 Å². The summed E-state index contributed by atoms with van der Waals surface area (Å²) >= 11 is 0. The van der Waals surface area contributed by atoms with E-state index >= 15 is 0 Å². The largest absolute Gasteiger partial charge is 0.378 e. The Morgan fingerprint density at radius 2 is 1.85 bits per heavy atom. The Bertz CT molecular complexity index is 666. The van der Waals surface area contributed by atoms with Crippen LogP contribution in [0.5, 0.6) is 0 Å². The Kier molecular flexibility index (Phi) is 4.17. The summed E-state index contributed by atoms with van der Waals surface area (Å²) in [6, 6.07) is 14.9. The van der Waals surface area contributed by atoms with Gasteiger partial charge in [0.1, 0.15) is 0 Å². The summed E-state index contributed by atoms with van der Waals surface area (Å²) in [5.41, 5.74) is 4.34. The Labute approximate surface area is 118 Å². The quantitative estimate of drug-likeness (QED) is 0.860. The molecule has 0 aliphatic carbocycles. The van der Waals surface area contributed by atoms with Crippen molar-refractivity contribution in [3.8, 4) is 6.07 Å². The first-order valence-electron chi connectivity index (χ1n) is 6.44. The molecule has 0 radical (unpaired) electrons. The van der Waals surface area contributed by atoms with Crippen molar-refractivity contribution < 1.29 is 4.79 Å². The zero-order valence-electron chi connectivity index (χ0n) is 11.6. The number of hydrogen-bond acceptors (Lipinski definition) is 3. The van der Waals surface area contributed by atoms with E-state index in [1.165, 1.54) is 0 Å². The molecule has 0 unspecified atom stereocenters. The van der Waals surface area contributed by atoms with E-state index in [0.29, 0.717) is 5.56 Å². The van der Waals surface area contributed by atoms with Crippen LogP contribution in [0.4, 0.5) is 5.69 Å². The van der Waals surface area contributed by atoms with E-state index in [2.05, 4.69) is 11.4 Å². The molecule has 0 fully saturated rings. The number of anilines is 1. The van der Waals surface area contributed by atoms with Crippen molar-refractivity contribution in [2.24, 2.45) is 0 Å². The summed E-state index contributed by atoms with van der Waals surface area (Å²) in [6.45, 7) is 4.20. The minimum absolute atomic E-state index is 0.0619. The van der Waals surface area contributed by atoms with Crippen molar-refractivity contribution in [2.75, 3.05) is 11.9 Å². The molecule has 20 heavy (non-hydrogen) atoms. The summed E-state index contributed by atoms with van der Waals surface area (Å²) < 4.78 is 0. The first kappa shape index (κ1) is 13.8. The van der Waals surface area contributed by atoms with Gasteiger partial charge in [0, 0.05) is 11.3 Å². The molecule has 2 aromatic carbocycles. The molecule has 2 aromatic rings. The molecule has 0 heterocycles. The molecule has 0 atom stereocenters. The lowest BCUT2D eigenvalue weighted by molar-refractivity contribution is 0.101. The van der Waals surface area contributed by atoms with Crippen molar-refractivity contribution in [2.45, 2.75) is 13.8 Å². The molecular formula is C17H16N2O. The summed E-state index contributed by atoms with van der Waals surface area (Å²) in [7, 11) is 0. The second-order valence-corrected chi connectivity index (χ2v) is 4.78. The second kappa shape index (κ2) is 6.03. The molecule has 0 saturated carbocycles. The highest BCUT2D eigenvalue weighted by Crippen LogP contribution is 2.13. The molecule has 2 rings (SSSR count). The van der Waals surface area contributed by atoms with Gasteiger partial charge in [-0.15, -0.1) is 0 Å². The molecular weight excluding hydrogens is 248 g/mol. The Hall–Kier alpha value is -2.60. The minimum Gasteiger partial charge on any atom is -0.378 e. The number of ketones is 1. The lowest BCUT2D eigenvalue weighted by Gasteiger charge is -2.08. The number of aryl methyl sites for hydroxylation is 2. The minimum atomic E-state index is 0.0619. The molecule has 3 heteroatoms. The third kappa shape index (κ3) is 3.24. The van der Waals surface area contributed by atoms with Gasteiger partial charge in [-0.05, 0) is 43.7 Å². The summed E-state index contributed by atoms with van der Waals surface area (Å²) in [6.07, 6.45) is 0. The normalized spacial score (nSPS) is 9.85. The number of carbonyl (C=O) groups is 1. The zero-order chi connectivity index (χ0) is 14.5. The van der Waals surface area contributed by atoms with Gasteiger partial charge in [0.25, 0.3) is 0 Å². The summed E-state index contributed by atoms with van der Waals surface area (Å²) in [5.74, 6) is 0.0619. The van der Waals surface area contributed by atoms with Gasteiger partial charge in [0.2, 0.25) is 0 Å². The predicted molar refractivity (Wildman–Crippen MR) is 79.9 cm³/mol. The van der Waals surface area contributed by atoms with E-state index < -0.39 is 0 Å². The fourth-order valence-corrected chi connectivity index (χ4v) is 2.07. The summed E-state index contributed by atoms with van der Waals surface area (Å²) in [4.78, 5) is 12.2. The maximum absolute atomic E-state index is 12.2. The van der Waals surface area contributed by atoms with Crippen molar-refractivity contribution in [3.63, 3.8) is 0 Å². The molecule has 0 bridgehead atoms. The monoisotopic (exact) mass is 264 g/mol. The number of nitrogens with zero attached hydrogens (tertiary/aromatic N) is 1. The fraction of sp³-hybridized carbons (Fsp3) is 0.176. The van der Waals surface area contributed by atoms with E-state index in [9.17, 15) is 4.79 Å². The SMILES string of the molecule is Cc1ccc(C(=O)CNc2ccc(C#N)cc2)c(C)c1. The van der Waals surface area contributed by atoms with Gasteiger partial charge in [-0.3, -0.25) is 4.79 Å². The molecule has 0 aromatic heterocycles. The van der Waals surface area contributed by atoms with Crippen LogP contribution >= 0.6 is 0 Å². The van der Waals surface area contributed by atoms with E-state index in [-0.39, 0.29) is 12.3 Å². The van der Waals surface area contributed by atoms with Crippen molar-refractivity contribution >= 4 is 11.5 Å². The lowest BCUT2D eigenvalue weighted by Crippen LogP contribution is -2.15. The Morgan fingerprint density at radius 1 is 1.15 bits per heavy atom. The van der Waals surface area contributed by atoms with Crippen LogP contribution in [0.25, 0.3) is 0 Å². The highest BCUT2D eigenvalue weighted by molar-refractivity contribution is 6.00. The first-order chi connectivity index (χ1) is 9.60. The molecule has 0 aliphatic heterocycles. The average Bonchev–Trinajstić information content (AvgIpc) is 2.45. The highest BCUT2D eigenvalue weighted by atomic mass is 16.1. The number of carbonyl (C=O) groups excluding carboxylic acids is 1. The van der Waals surface area contributed by atoms with Gasteiger partial charge < -0.3 is 5.32 Å². The highest BCUT2D eigenvalue weighted by Gasteiger charge is 2.08. The molecule has 0 aliphatic rings. The zero-order valence-corrected chi connectivity index (χ0v) is 11.6. The maximum atomic E-state index is 12.2. The van der Waals surface area contributed by atoms with Crippen LogP contribution in [0, 0.1) is 25.2 Å². The number of nitriles is 1. The third-order valence-corrected chi connectivity index (χ3v) is 3.15. The number of nitrogens with one attached hydrogen (secondary N) is 1. The maximum Gasteiger partial charge on any atom is 0.182 e. The average molecular weight is 264 g/mol. The van der Waals surface area contributed by atoms with Crippen LogP contribution in [0.15, 0.2) is 42.5 Å². The van der Waals surface area contributed by atoms with E-state index in [4.69, 9.17) is 5.26 Å². The van der Waals surface area contributed by atoms with E-state index in [1.54, 1.807) is 24.3 Å². The van der Waals surface area contributed by atoms with Crippen LogP contribution in [0.2, 0.25) is 0 Å². The van der Waals surface area contributed by atoms with Crippen LogP contribution in [-0.2, 0) is 0 Å². The standard InChI is InChI=1S/C17H16N2O/c1-12-3-8-16(13(2)9-12)17(20)11-19-15-6-4-14(10-18)5-7-15/h3-9,19H,11H2,1-2H3. The number of rotatable bonds is 4. The first-order valence-corrected chi connectivity index (χ1v) is 6.44. The van der Waals surface area contributed by atoms with Gasteiger partial charge in [-0.1, -0.05) is 23.8 Å². The lowest BCUT2D eigenvalue weighted by atomic mass is 10.0. The summed E-state index contributed by atoms with van der Waals surface area (Å²) in [5, 5.41) is 11.8. The number of Topliss-reactive ketones (excluding diaryl/α,β-unsaturated/α-hetero) is 1. The van der Waals surface area contributed by atoms with Gasteiger partial charge in [-0.2, -0.15) is 5.26 Å². The van der Waals surface area contributed by atoms with Crippen LogP contribution in [0.1, 0.15) is 27.0 Å².